The minimum atomic E-state index is 0.0602. The summed E-state index contributed by atoms with van der Waals surface area (Å²) in [7, 11) is 0. The summed E-state index contributed by atoms with van der Waals surface area (Å²) in [5.74, 6) is 0.0602. The van der Waals surface area contributed by atoms with E-state index in [-0.39, 0.29) is 11.9 Å². The number of nitrogens with one attached hydrogen (secondary N) is 2. The summed E-state index contributed by atoms with van der Waals surface area (Å²) in [5, 5.41) is 8.07. The van der Waals surface area contributed by atoms with Crippen molar-refractivity contribution in [2.45, 2.75) is 32.9 Å². The number of hydrogen-bond acceptors (Lipinski definition) is 3. The van der Waals surface area contributed by atoms with Crippen molar-refractivity contribution < 1.29 is 4.79 Å². The van der Waals surface area contributed by atoms with Gasteiger partial charge in [0.05, 0.1) is 6.54 Å². The van der Waals surface area contributed by atoms with Gasteiger partial charge >= 0.3 is 0 Å². The average Bonchev–Trinajstić information content (AvgIpc) is 2.64. The quantitative estimate of drug-likeness (QED) is 0.848. The van der Waals surface area contributed by atoms with E-state index in [0.717, 1.165) is 17.4 Å². The Kier molecular flexibility index (Phi) is 6.01. The number of rotatable bonds is 6. The van der Waals surface area contributed by atoms with Gasteiger partial charge in [-0.15, -0.1) is 11.3 Å². The number of carbonyl (C=O) groups excluding carboxylic acids is 1. The maximum atomic E-state index is 11.4. The van der Waals surface area contributed by atoms with Crippen molar-refractivity contribution in [1.29, 1.82) is 0 Å². The zero-order chi connectivity index (χ0) is 12.0. The van der Waals surface area contributed by atoms with Crippen LogP contribution in [-0.4, -0.2) is 18.5 Å². The highest BCUT2D eigenvalue weighted by molar-refractivity contribution is 9.10. The molecule has 2 N–H and O–H groups in total. The van der Waals surface area contributed by atoms with Crippen LogP contribution in [0.1, 0.15) is 25.1 Å². The molecular formula is C11H17BrN2OS. The van der Waals surface area contributed by atoms with Crippen molar-refractivity contribution in [3.63, 3.8) is 0 Å². The van der Waals surface area contributed by atoms with E-state index < -0.39 is 0 Å². The van der Waals surface area contributed by atoms with Crippen molar-refractivity contribution in [2.24, 2.45) is 0 Å². The Bertz CT molecular complexity index is 340. The third-order valence-electron chi connectivity index (χ3n) is 2.23. The Morgan fingerprint density at radius 1 is 1.62 bits per heavy atom. The van der Waals surface area contributed by atoms with E-state index >= 15 is 0 Å². The fourth-order valence-electron chi connectivity index (χ4n) is 1.17. The highest BCUT2D eigenvalue weighted by Crippen LogP contribution is 2.19. The van der Waals surface area contributed by atoms with Gasteiger partial charge in [0.15, 0.2) is 0 Å². The Morgan fingerprint density at radius 2 is 2.38 bits per heavy atom. The second-order valence-corrected chi connectivity index (χ2v) is 5.62. The first-order valence-corrected chi connectivity index (χ1v) is 7.02. The molecule has 1 heterocycles. The zero-order valence-corrected chi connectivity index (χ0v) is 12.0. The molecule has 0 spiro atoms. The minimum absolute atomic E-state index is 0.0602. The Labute approximate surface area is 109 Å². The molecule has 0 saturated carbocycles. The second-order valence-electron chi connectivity index (χ2n) is 3.71. The zero-order valence-electron chi connectivity index (χ0n) is 9.55. The van der Waals surface area contributed by atoms with E-state index in [4.69, 9.17) is 0 Å². The molecule has 0 radical (unpaired) electrons. The van der Waals surface area contributed by atoms with Crippen LogP contribution in [-0.2, 0) is 11.3 Å². The molecule has 0 bridgehead atoms. The molecule has 1 aromatic heterocycles. The Morgan fingerprint density at radius 3 is 2.94 bits per heavy atom. The van der Waals surface area contributed by atoms with Crippen LogP contribution in [0.5, 0.6) is 0 Å². The topological polar surface area (TPSA) is 41.1 Å². The van der Waals surface area contributed by atoms with E-state index in [0.29, 0.717) is 6.54 Å². The van der Waals surface area contributed by atoms with E-state index in [2.05, 4.69) is 39.6 Å². The molecule has 16 heavy (non-hydrogen) atoms. The molecule has 0 aliphatic heterocycles. The predicted octanol–water partition coefficient (Wildman–Crippen LogP) is 2.51. The van der Waals surface area contributed by atoms with Gasteiger partial charge in [0.1, 0.15) is 0 Å². The van der Waals surface area contributed by atoms with Crippen LogP contribution < -0.4 is 10.6 Å². The summed E-state index contributed by atoms with van der Waals surface area (Å²) in [5.41, 5.74) is 0. The number of amides is 1. The van der Waals surface area contributed by atoms with Crippen molar-refractivity contribution in [3.05, 3.63) is 20.8 Å². The molecule has 0 saturated heterocycles. The predicted molar refractivity (Wildman–Crippen MR) is 71.6 cm³/mol. The lowest BCUT2D eigenvalue weighted by Gasteiger charge is -2.11. The fraction of sp³-hybridized carbons (Fsp3) is 0.545. The van der Waals surface area contributed by atoms with Crippen molar-refractivity contribution in [2.75, 3.05) is 6.54 Å². The van der Waals surface area contributed by atoms with Crippen LogP contribution in [0.2, 0.25) is 0 Å². The lowest BCUT2D eigenvalue weighted by Crippen LogP contribution is -2.38. The van der Waals surface area contributed by atoms with Crippen LogP contribution in [0, 0.1) is 0 Å². The molecule has 0 fully saturated rings. The van der Waals surface area contributed by atoms with Crippen LogP contribution in [0.25, 0.3) is 0 Å². The molecule has 1 atom stereocenters. The average molecular weight is 305 g/mol. The van der Waals surface area contributed by atoms with Gasteiger partial charge < -0.3 is 10.6 Å². The molecule has 0 aliphatic carbocycles. The monoisotopic (exact) mass is 304 g/mol. The molecule has 1 unspecified atom stereocenters. The van der Waals surface area contributed by atoms with Gasteiger partial charge in [0.2, 0.25) is 5.91 Å². The molecule has 1 rings (SSSR count). The van der Waals surface area contributed by atoms with E-state index in [1.54, 1.807) is 11.3 Å². The molecular weight excluding hydrogens is 288 g/mol. The van der Waals surface area contributed by atoms with Crippen molar-refractivity contribution in [1.82, 2.24) is 10.6 Å². The van der Waals surface area contributed by atoms with E-state index in [1.165, 1.54) is 4.88 Å². The standard InChI is InChI=1S/C11H17BrN2OS/c1-3-8(2)14-11(15)6-13-5-10-4-9(12)7-16-10/h4,7-8,13H,3,5-6H2,1-2H3,(H,14,15). The van der Waals surface area contributed by atoms with Crippen molar-refractivity contribution >= 4 is 33.2 Å². The van der Waals surface area contributed by atoms with Gasteiger partial charge in [-0.2, -0.15) is 0 Å². The van der Waals surface area contributed by atoms with Crippen LogP contribution >= 0.6 is 27.3 Å². The third kappa shape index (κ3) is 5.09. The van der Waals surface area contributed by atoms with E-state index in [9.17, 15) is 4.79 Å². The van der Waals surface area contributed by atoms with Gasteiger partial charge in [-0.3, -0.25) is 4.79 Å². The molecule has 5 heteroatoms. The highest BCUT2D eigenvalue weighted by atomic mass is 79.9. The van der Waals surface area contributed by atoms with Crippen LogP contribution in [0.4, 0.5) is 0 Å². The molecule has 0 aromatic carbocycles. The summed E-state index contributed by atoms with van der Waals surface area (Å²) in [6, 6.07) is 2.31. The van der Waals surface area contributed by atoms with Gasteiger partial charge in [-0.05, 0) is 35.3 Å². The summed E-state index contributed by atoms with van der Waals surface area (Å²) in [6.07, 6.45) is 0.962. The number of thiophene rings is 1. The van der Waals surface area contributed by atoms with Crippen molar-refractivity contribution in [3.8, 4) is 0 Å². The SMILES string of the molecule is CCC(C)NC(=O)CNCc1cc(Br)cs1. The highest BCUT2D eigenvalue weighted by Gasteiger charge is 2.04. The summed E-state index contributed by atoms with van der Waals surface area (Å²) >= 11 is 5.08. The maximum Gasteiger partial charge on any atom is 0.234 e. The molecule has 3 nitrogen and oxygen atoms in total. The fourth-order valence-corrected chi connectivity index (χ4v) is 2.59. The Balaban J connectivity index is 2.18. The first kappa shape index (κ1) is 13.7. The van der Waals surface area contributed by atoms with Gasteiger partial charge in [0.25, 0.3) is 0 Å². The lowest BCUT2D eigenvalue weighted by molar-refractivity contribution is -0.120. The molecule has 0 aliphatic rings. The summed E-state index contributed by atoms with van der Waals surface area (Å²) in [4.78, 5) is 12.7. The smallest absolute Gasteiger partial charge is 0.234 e. The first-order valence-electron chi connectivity index (χ1n) is 5.34. The number of carbonyl (C=O) groups is 1. The van der Waals surface area contributed by atoms with Gasteiger partial charge in [-0.1, -0.05) is 6.92 Å². The van der Waals surface area contributed by atoms with Gasteiger partial charge in [-0.25, -0.2) is 0 Å². The van der Waals surface area contributed by atoms with E-state index in [1.807, 2.05) is 12.3 Å². The van der Waals surface area contributed by atoms with Crippen LogP contribution in [0.15, 0.2) is 15.9 Å². The maximum absolute atomic E-state index is 11.4. The first-order chi connectivity index (χ1) is 7.61. The van der Waals surface area contributed by atoms with Crippen LogP contribution in [0.3, 0.4) is 0 Å². The summed E-state index contributed by atoms with van der Waals surface area (Å²) < 4.78 is 1.10. The largest absolute Gasteiger partial charge is 0.353 e. The number of halogens is 1. The van der Waals surface area contributed by atoms with Gasteiger partial charge in [0, 0.05) is 27.3 Å². The summed E-state index contributed by atoms with van der Waals surface area (Å²) in [6.45, 7) is 5.18. The number of hydrogen-bond donors (Lipinski definition) is 2. The lowest BCUT2D eigenvalue weighted by atomic mass is 10.2. The third-order valence-corrected chi connectivity index (χ3v) is 3.92. The minimum Gasteiger partial charge on any atom is -0.353 e. The molecule has 1 amide bonds. The molecule has 1 aromatic rings. The Hall–Kier alpha value is -0.390. The second kappa shape index (κ2) is 7.04. The normalized spacial score (nSPS) is 12.4. The molecule has 90 valence electrons.